The largest absolute Gasteiger partial charge is 0.397 e. The van der Waals surface area contributed by atoms with Crippen LogP contribution in [-0.2, 0) is 0 Å². The zero-order chi connectivity index (χ0) is 14.9. The van der Waals surface area contributed by atoms with Gasteiger partial charge < -0.3 is 11.1 Å². The van der Waals surface area contributed by atoms with E-state index in [0.29, 0.717) is 21.4 Å². The average Bonchev–Trinajstić information content (AvgIpc) is 2.39. The molecule has 2 rings (SSSR count). The molecule has 0 spiro atoms. The minimum absolute atomic E-state index is 0.336. The first-order valence-corrected chi connectivity index (χ1v) is 6.81. The third-order valence-electron chi connectivity index (χ3n) is 3.18. The summed E-state index contributed by atoms with van der Waals surface area (Å²) in [5.74, 6) is -0.739. The number of carbonyl (C=O) groups excluding carboxylic acids is 1. The highest BCUT2D eigenvalue weighted by atomic mass is 79.9. The Morgan fingerprint density at radius 3 is 2.60 bits per heavy atom. The van der Waals surface area contributed by atoms with E-state index in [0.717, 1.165) is 11.1 Å². The summed E-state index contributed by atoms with van der Waals surface area (Å²) in [6, 6.07) is 7.56. The van der Waals surface area contributed by atoms with E-state index in [1.807, 2.05) is 19.9 Å². The van der Waals surface area contributed by atoms with Crippen molar-refractivity contribution < 1.29 is 9.18 Å². The highest BCUT2D eigenvalue weighted by molar-refractivity contribution is 9.10. The van der Waals surface area contributed by atoms with Crippen molar-refractivity contribution in [1.82, 2.24) is 0 Å². The Kier molecular flexibility index (Phi) is 4.09. The van der Waals surface area contributed by atoms with Gasteiger partial charge in [-0.05, 0) is 65.2 Å². The minimum Gasteiger partial charge on any atom is -0.397 e. The van der Waals surface area contributed by atoms with E-state index in [4.69, 9.17) is 5.73 Å². The number of hydrogen-bond donors (Lipinski definition) is 2. The van der Waals surface area contributed by atoms with Gasteiger partial charge in [0.05, 0.1) is 16.9 Å². The lowest BCUT2D eigenvalue weighted by Crippen LogP contribution is -2.15. The first-order chi connectivity index (χ1) is 9.40. The summed E-state index contributed by atoms with van der Waals surface area (Å²) in [5.41, 5.74) is 9.28. The van der Waals surface area contributed by atoms with Gasteiger partial charge in [0.25, 0.3) is 5.91 Å². The molecule has 2 aromatic rings. The lowest BCUT2D eigenvalue weighted by molar-refractivity contribution is 0.102. The van der Waals surface area contributed by atoms with Gasteiger partial charge in [-0.3, -0.25) is 4.79 Å². The molecular weight excluding hydrogens is 323 g/mol. The number of benzene rings is 2. The Labute approximate surface area is 125 Å². The van der Waals surface area contributed by atoms with Crippen LogP contribution in [0.2, 0.25) is 0 Å². The fourth-order valence-electron chi connectivity index (χ4n) is 1.86. The van der Waals surface area contributed by atoms with Crippen LogP contribution in [0.15, 0.2) is 34.8 Å². The van der Waals surface area contributed by atoms with Crippen LogP contribution in [0, 0.1) is 19.7 Å². The molecule has 0 radical (unpaired) electrons. The van der Waals surface area contributed by atoms with E-state index in [9.17, 15) is 9.18 Å². The number of rotatable bonds is 2. The molecule has 0 unspecified atom stereocenters. The number of carbonyl (C=O) groups is 1. The zero-order valence-corrected chi connectivity index (χ0v) is 12.7. The zero-order valence-electron chi connectivity index (χ0n) is 11.1. The van der Waals surface area contributed by atoms with Gasteiger partial charge in [0, 0.05) is 4.47 Å². The summed E-state index contributed by atoms with van der Waals surface area (Å²) in [6.45, 7) is 3.83. The fraction of sp³-hybridized carbons (Fsp3) is 0.133. The Hall–Kier alpha value is -1.88. The maximum Gasteiger partial charge on any atom is 0.256 e. The molecule has 0 aliphatic rings. The molecule has 104 valence electrons. The molecule has 0 aromatic heterocycles. The van der Waals surface area contributed by atoms with Crippen molar-refractivity contribution in [3.05, 3.63) is 57.3 Å². The predicted octanol–water partition coefficient (Wildman–Crippen LogP) is 4.04. The van der Waals surface area contributed by atoms with Gasteiger partial charge in [-0.1, -0.05) is 6.07 Å². The topological polar surface area (TPSA) is 55.1 Å². The number of nitrogens with two attached hydrogens (primary N) is 1. The van der Waals surface area contributed by atoms with Crippen molar-refractivity contribution in [3.8, 4) is 0 Å². The highest BCUT2D eigenvalue weighted by Crippen LogP contribution is 2.27. The molecule has 1 amide bonds. The van der Waals surface area contributed by atoms with Gasteiger partial charge in [0.1, 0.15) is 5.82 Å². The Balaban J connectivity index is 2.35. The summed E-state index contributed by atoms with van der Waals surface area (Å²) >= 11 is 3.18. The van der Waals surface area contributed by atoms with Gasteiger partial charge in [-0.2, -0.15) is 0 Å². The van der Waals surface area contributed by atoms with E-state index >= 15 is 0 Å². The van der Waals surface area contributed by atoms with Crippen LogP contribution < -0.4 is 11.1 Å². The summed E-state index contributed by atoms with van der Waals surface area (Å²) in [6.07, 6.45) is 0. The van der Waals surface area contributed by atoms with Crippen LogP contribution in [0.5, 0.6) is 0 Å². The first-order valence-electron chi connectivity index (χ1n) is 6.02. The second-order valence-corrected chi connectivity index (χ2v) is 5.40. The van der Waals surface area contributed by atoms with Crippen LogP contribution in [0.3, 0.4) is 0 Å². The number of anilines is 2. The number of amides is 1. The number of hydrogen-bond acceptors (Lipinski definition) is 2. The Morgan fingerprint density at radius 1 is 1.25 bits per heavy atom. The number of halogens is 2. The molecular formula is C15H14BrFN2O. The fourth-order valence-corrected chi connectivity index (χ4v) is 2.39. The molecule has 2 aromatic carbocycles. The standard InChI is InChI=1S/C15H14BrFN2O/c1-8-3-6-13(18)14(9(8)2)19-15(20)11-5-4-10(17)7-12(11)16/h3-7H,18H2,1-2H3,(H,19,20). The quantitative estimate of drug-likeness (QED) is 0.813. The predicted molar refractivity (Wildman–Crippen MR) is 82.4 cm³/mol. The lowest BCUT2D eigenvalue weighted by Gasteiger charge is -2.14. The minimum atomic E-state index is -0.403. The molecule has 3 N–H and O–H groups in total. The molecule has 3 nitrogen and oxygen atoms in total. The molecule has 5 heteroatoms. The first kappa shape index (κ1) is 14.5. The summed E-state index contributed by atoms with van der Waals surface area (Å²) < 4.78 is 13.4. The Morgan fingerprint density at radius 2 is 1.95 bits per heavy atom. The van der Waals surface area contributed by atoms with Crippen LogP contribution in [-0.4, -0.2) is 5.91 Å². The van der Waals surface area contributed by atoms with E-state index in [1.54, 1.807) is 6.07 Å². The average molecular weight is 337 g/mol. The molecule has 0 saturated heterocycles. The Bertz CT molecular complexity index is 686. The van der Waals surface area contributed by atoms with E-state index in [1.165, 1.54) is 18.2 Å². The molecule has 20 heavy (non-hydrogen) atoms. The van der Waals surface area contributed by atoms with Crippen molar-refractivity contribution in [2.45, 2.75) is 13.8 Å². The number of nitrogens with one attached hydrogen (secondary N) is 1. The molecule has 0 aliphatic carbocycles. The maximum absolute atomic E-state index is 13.0. The van der Waals surface area contributed by atoms with Gasteiger partial charge >= 0.3 is 0 Å². The van der Waals surface area contributed by atoms with E-state index in [-0.39, 0.29) is 5.91 Å². The van der Waals surface area contributed by atoms with Gasteiger partial charge in [0.2, 0.25) is 0 Å². The summed E-state index contributed by atoms with van der Waals surface area (Å²) in [7, 11) is 0. The third-order valence-corrected chi connectivity index (χ3v) is 3.84. The van der Waals surface area contributed by atoms with Crippen molar-refractivity contribution in [1.29, 1.82) is 0 Å². The SMILES string of the molecule is Cc1ccc(N)c(NC(=O)c2ccc(F)cc2Br)c1C. The lowest BCUT2D eigenvalue weighted by atomic mass is 10.1. The van der Waals surface area contributed by atoms with Crippen molar-refractivity contribution >= 4 is 33.2 Å². The molecule has 0 bridgehead atoms. The monoisotopic (exact) mass is 336 g/mol. The van der Waals surface area contributed by atoms with Gasteiger partial charge in [-0.15, -0.1) is 0 Å². The molecule has 0 heterocycles. The molecule has 0 aliphatic heterocycles. The summed E-state index contributed by atoms with van der Waals surface area (Å²) in [5, 5.41) is 2.78. The van der Waals surface area contributed by atoms with Gasteiger partial charge in [-0.25, -0.2) is 4.39 Å². The van der Waals surface area contributed by atoms with E-state index in [2.05, 4.69) is 21.2 Å². The van der Waals surface area contributed by atoms with Crippen LogP contribution in [0.4, 0.5) is 15.8 Å². The van der Waals surface area contributed by atoms with E-state index < -0.39 is 5.82 Å². The summed E-state index contributed by atoms with van der Waals surface area (Å²) in [4.78, 5) is 12.2. The van der Waals surface area contributed by atoms with Gasteiger partial charge in [0.15, 0.2) is 0 Å². The maximum atomic E-state index is 13.0. The van der Waals surface area contributed by atoms with Crippen molar-refractivity contribution in [2.24, 2.45) is 0 Å². The second-order valence-electron chi connectivity index (χ2n) is 4.55. The van der Waals surface area contributed by atoms with Crippen molar-refractivity contribution in [3.63, 3.8) is 0 Å². The van der Waals surface area contributed by atoms with Crippen LogP contribution >= 0.6 is 15.9 Å². The van der Waals surface area contributed by atoms with Crippen LogP contribution in [0.1, 0.15) is 21.5 Å². The highest BCUT2D eigenvalue weighted by Gasteiger charge is 2.14. The smallest absolute Gasteiger partial charge is 0.256 e. The third kappa shape index (κ3) is 2.82. The number of aryl methyl sites for hydroxylation is 1. The molecule has 0 fully saturated rings. The van der Waals surface area contributed by atoms with Crippen LogP contribution in [0.25, 0.3) is 0 Å². The normalized spacial score (nSPS) is 10.4. The van der Waals surface area contributed by atoms with Crippen molar-refractivity contribution in [2.75, 3.05) is 11.1 Å². The molecule has 0 atom stereocenters. The second kappa shape index (κ2) is 5.63. The molecule has 0 saturated carbocycles. The number of nitrogen functional groups attached to an aromatic ring is 1.